The van der Waals surface area contributed by atoms with Crippen LogP contribution in [0.25, 0.3) is 0 Å². The highest BCUT2D eigenvalue weighted by atomic mass is 32.1. The van der Waals surface area contributed by atoms with E-state index in [4.69, 9.17) is 0 Å². The Balaban J connectivity index is 1.59. The first-order chi connectivity index (χ1) is 11.6. The lowest BCUT2D eigenvalue weighted by molar-refractivity contribution is -0.117. The molecule has 0 aliphatic carbocycles. The molecule has 0 bridgehead atoms. The molecule has 0 spiro atoms. The number of hydrogen-bond acceptors (Lipinski definition) is 6. The Morgan fingerprint density at radius 3 is 3.00 bits per heavy atom. The first-order valence-corrected chi connectivity index (χ1v) is 9.62. The van der Waals surface area contributed by atoms with Crippen LogP contribution in [0.3, 0.4) is 0 Å². The van der Waals surface area contributed by atoms with E-state index in [0.717, 1.165) is 31.7 Å². The summed E-state index contributed by atoms with van der Waals surface area (Å²) in [5.41, 5.74) is 1.08. The maximum Gasteiger partial charge on any atom is 0.261 e. The molecule has 1 aliphatic rings. The lowest BCUT2D eigenvalue weighted by Gasteiger charge is -2.23. The molecular formula is C16H20N4O2S2. The molecule has 0 unspecified atom stereocenters. The molecular weight excluding hydrogens is 344 g/mol. The number of rotatable bonds is 5. The smallest absolute Gasteiger partial charge is 0.261 e. The Morgan fingerprint density at radius 2 is 2.29 bits per heavy atom. The summed E-state index contributed by atoms with van der Waals surface area (Å²) in [6, 6.07) is 2.93. The monoisotopic (exact) mass is 364 g/mol. The summed E-state index contributed by atoms with van der Waals surface area (Å²) in [5.74, 6) is -0.483. The third kappa shape index (κ3) is 3.82. The van der Waals surface area contributed by atoms with Crippen LogP contribution in [0, 0.1) is 0 Å². The lowest BCUT2D eigenvalue weighted by Crippen LogP contribution is -2.41. The molecule has 8 heteroatoms. The van der Waals surface area contributed by atoms with Crippen LogP contribution in [-0.4, -0.2) is 40.8 Å². The molecule has 1 aliphatic heterocycles. The zero-order valence-electron chi connectivity index (χ0n) is 13.7. The van der Waals surface area contributed by atoms with Crippen LogP contribution in [0.5, 0.6) is 0 Å². The highest BCUT2D eigenvalue weighted by Crippen LogP contribution is 2.28. The van der Waals surface area contributed by atoms with Crippen LogP contribution in [0.4, 0.5) is 5.13 Å². The van der Waals surface area contributed by atoms with Gasteiger partial charge >= 0.3 is 0 Å². The van der Waals surface area contributed by atoms with Crippen LogP contribution < -0.4 is 10.6 Å². The molecule has 3 rings (SSSR count). The van der Waals surface area contributed by atoms with Crippen molar-refractivity contribution in [3.63, 3.8) is 0 Å². The van der Waals surface area contributed by atoms with E-state index in [0.29, 0.717) is 10.0 Å². The van der Waals surface area contributed by atoms with Crippen molar-refractivity contribution in [1.29, 1.82) is 0 Å². The minimum absolute atomic E-state index is 0.232. The number of aromatic nitrogens is 1. The van der Waals surface area contributed by atoms with Gasteiger partial charge in [-0.15, -0.1) is 22.7 Å². The van der Waals surface area contributed by atoms with E-state index in [-0.39, 0.29) is 11.8 Å². The number of hydrogen-bond donors (Lipinski definition) is 2. The van der Waals surface area contributed by atoms with E-state index in [1.54, 1.807) is 13.0 Å². The quantitative estimate of drug-likeness (QED) is 0.854. The number of anilines is 1. The molecule has 0 saturated carbocycles. The SMILES string of the molecule is CCN1CCc2nc(NC(=O)[C@H](C)NC(=O)c3cccs3)sc2C1. The van der Waals surface area contributed by atoms with Gasteiger partial charge < -0.3 is 10.6 Å². The number of amides is 2. The van der Waals surface area contributed by atoms with Gasteiger partial charge in [-0.05, 0) is 24.9 Å². The molecule has 0 fully saturated rings. The predicted molar refractivity (Wildman–Crippen MR) is 96.6 cm³/mol. The van der Waals surface area contributed by atoms with Crippen molar-refractivity contribution in [1.82, 2.24) is 15.2 Å². The van der Waals surface area contributed by atoms with E-state index in [1.807, 2.05) is 11.4 Å². The lowest BCUT2D eigenvalue weighted by atomic mass is 10.2. The second-order valence-electron chi connectivity index (χ2n) is 5.67. The predicted octanol–water partition coefficient (Wildman–Crippen LogP) is 2.34. The fourth-order valence-electron chi connectivity index (χ4n) is 2.53. The van der Waals surface area contributed by atoms with Gasteiger partial charge in [0.05, 0.1) is 10.6 Å². The summed E-state index contributed by atoms with van der Waals surface area (Å²) >= 11 is 2.87. The fourth-order valence-corrected chi connectivity index (χ4v) is 4.21. The number of nitrogens with zero attached hydrogens (tertiary/aromatic N) is 2. The van der Waals surface area contributed by atoms with E-state index in [9.17, 15) is 9.59 Å². The maximum atomic E-state index is 12.3. The van der Waals surface area contributed by atoms with Gasteiger partial charge in [-0.25, -0.2) is 4.98 Å². The van der Waals surface area contributed by atoms with Crippen molar-refractivity contribution >= 4 is 39.6 Å². The fraction of sp³-hybridized carbons (Fsp3) is 0.438. The average molecular weight is 364 g/mol. The molecule has 3 heterocycles. The topological polar surface area (TPSA) is 74.3 Å². The number of likely N-dealkylation sites (N-methyl/N-ethyl adjacent to an activating group) is 1. The van der Waals surface area contributed by atoms with Crippen molar-refractivity contribution in [3.05, 3.63) is 33.0 Å². The van der Waals surface area contributed by atoms with Crippen LogP contribution in [0.1, 0.15) is 34.1 Å². The molecule has 0 aromatic carbocycles. The Hall–Kier alpha value is -1.77. The molecule has 2 aromatic rings. The molecule has 24 heavy (non-hydrogen) atoms. The number of carbonyl (C=O) groups is 2. The minimum atomic E-state index is -0.618. The van der Waals surface area contributed by atoms with Gasteiger partial charge in [0.2, 0.25) is 5.91 Å². The van der Waals surface area contributed by atoms with Gasteiger partial charge in [-0.1, -0.05) is 13.0 Å². The van der Waals surface area contributed by atoms with E-state index >= 15 is 0 Å². The van der Waals surface area contributed by atoms with Gasteiger partial charge in [0, 0.05) is 24.4 Å². The second-order valence-corrected chi connectivity index (χ2v) is 7.70. The molecule has 1 atom stereocenters. The van der Waals surface area contributed by atoms with Crippen molar-refractivity contribution in [2.24, 2.45) is 0 Å². The Morgan fingerprint density at radius 1 is 1.46 bits per heavy atom. The third-order valence-corrected chi connectivity index (χ3v) is 5.84. The van der Waals surface area contributed by atoms with Crippen molar-refractivity contribution in [3.8, 4) is 0 Å². The Bertz CT molecular complexity index is 727. The van der Waals surface area contributed by atoms with E-state index in [2.05, 4.69) is 27.4 Å². The van der Waals surface area contributed by atoms with Crippen LogP contribution in [0.2, 0.25) is 0 Å². The van der Waals surface area contributed by atoms with Crippen LogP contribution in [0.15, 0.2) is 17.5 Å². The van der Waals surface area contributed by atoms with Crippen molar-refractivity contribution in [2.75, 3.05) is 18.4 Å². The zero-order valence-corrected chi connectivity index (χ0v) is 15.3. The Labute approximate surface area is 148 Å². The summed E-state index contributed by atoms with van der Waals surface area (Å²) < 4.78 is 0. The molecule has 6 nitrogen and oxygen atoms in total. The summed E-state index contributed by atoms with van der Waals surface area (Å²) in [7, 11) is 0. The van der Waals surface area contributed by atoms with E-state index in [1.165, 1.54) is 27.6 Å². The number of carbonyl (C=O) groups excluding carboxylic acids is 2. The van der Waals surface area contributed by atoms with Gasteiger partial charge in [0.1, 0.15) is 6.04 Å². The number of fused-ring (bicyclic) bond motifs is 1. The largest absolute Gasteiger partial charge is 0.340 e. The van der Waals surface area contributed by atoms with Crippen molar-refractivity contribution in [2.45, 2.75) is 32.9 Å². The standard InChI is InChI=1S/C16H20N4O2S2/c1-3-20-7-6-11-13(9-20)24-16(18-11)19-14(21)10(2)17-15(22)12-5-4-8-23-12/h4-5,8,10H,3,6-7,9H2,1-2H3,(H,17,22)(H,18,19,21)/t10-/m0/s1. The minimum Gasteiger partial charge on any atom is -0.340 e. The van der Waals surface area contributed by atoms with Crippen LogP contribution >= 0.6 is 22.7 Å². The van der Waals surface area contributed by atoms with Gasteiger partial charge in [-0.2, -0.15) is 0 Å². The summed E-state index contributed by atoms with van der Waals surface area (Å²) in [5, 5.41) is 7.97. The highest BCUT2D eigenvalue weighted by molar-refractivity contribution is 7.15. The number of thiazole rings is 1. The van der Waals surface area contributed by atoms with Crippen molar-refractivity contribution < 1.29 is 9.59 Å². The molecule has 128 valence electrons. The highest BCUT2D eigenvalue weighted by Gasteiger charge is 2.22. The van der Waals surface area contributed by atoms with Gasteiger partial charge in [-0.3, -0.25) is 14.5 Å². The molecule has 0 saturated heterocycles. The molecule has 2 N–H and O–H groups in total. The molecule has 0 radical (unpaired) electrons. The summed E-state index contributed by atoms with van der Waals surface area (Å²) in [6.45, 7) is 6.74. The number of nitrogens with one attached hydrogen (secondary N) is 2. The average Bonchev–Trinajstić information content (AvgIpc) is 3.23. The summed E-state index contributed by atoms with van der Waals surface area (Å²) in [4.78, 5) is 33.0. The summed E-state index contributed by atoms with van der Waals surface area (Å²) in [6.07, 6.45) is 0.917. The molecule has 2 aromatic heterocycles. The maximum absolute atomic E-state index is 12.3. The van der Waals surface area contributed by atoms with Crippen LogP contribution in [-0.2, 0) is 17.8 Å². The second kappa shape index (κ2) is 7.42. The van der Waals surface area contributed by atoms with E-state index < -0.39 is 6.04 Å². The molecule has 2 amide bonds. The Kier molecular flexibility index (Phi) is 5.27. The first kappa shape index (κ1) is 17.1. The first-order valence-electron chi connectivity index (χ1n) is 7.93. The third-order valence-electron chi connectivity index (χ3n) is 3.97. The zero-order chi connectivity index (χ0) is 17.1. The van der Waals surface area contributed by atoms with Gasteiger partial charge in [0.25, 0.3) is 5.91 Å². The number of thiophene rings is 1. The normalized spacial score (nSPS) is 15.6. The van der Waals surface area contributed by atoms with Gasteiger partial charge in [0.15, 0.2) is 5.13 Å².